The Kier molecular flexibility index (Phi) is 11.1. The van der Waals surface area contributed by atoms with Gasteiger partial charge in [0.15, 0.2) is 11.5 Å². The summed E-state index contributed by atoms with van der Waals surface area (Å²) in [5.41, 5.74) is 1.38. The van der Waals surface area contributed by atoms with E-state index in [0.29, 0.717) is 48.8 Å². The molecule has 214 valence electrons. The second kappa shape index (κ2) is 14.7. The van der Waals surface area contributed by atoms with Gasteiger partial charge in [0, 0.05) is 44.0 Å². The summed E-state index contributed by atoms with van der Waals surface area (Å²) in [6.07, 6.45) is 2.55. The van der Waals surface area contributed by atoms with Crippen molar-refractivity contribution >= 4 is 17.5 Å². The topological polar surface area (TPSA) is 125 Å². The monoisotopic (exact) mass is 553 g/mol. The van der Waals surface area contributed by atoms with Crippen LogP contribution in [0, 0.1) is 17.0 Å². The van der Waals surface area contributed by atoms with Crippen LogP contribution in [0.5, 0.6) is 11.5 Å². The quantitative estimate of drug-likeness (QED) is 0.155. The molecule has 0 atom stereocenters. The fourth-order valence-corrected chi connectivity index (χ4v) is 4.22. The Morgan fingerprint density at radius 2 is 1.75 bits per heavy atom. The molecule has 0 bridgehead atoms. The van der Waals surface area contributed by atoms with Crippen LogP contribution in [0.2, 0.25) is 0 Å². The first-order chi connectivity index (χ1) is 19.3. The van der Waals surface area contributed by atoms with E-state index in [4.69, 9.17) is 18.6 Å². The van der Waals surface area contributed by atoms with E-state index in [2.05, 4.69) is 0 Å². The van der Waals surface area contributed by atoms with Crippen molar-refractivity contribution in [3.05, 3.63) is 87.4 Å². The molecule has 0 radical (unpaired) electrons. The Labute approximate surface area is 233 Å². The summed E-state index contributed by atoms with van der Waals surface area (Å²) in [6, 6.07) is 13.4. The van der Waals surface area contributed by atoms with Gasteiger partial charge in [-0.05, 0) is 55.7 Å². The summed E-state index contributed by atoms with van der Waals surface area (Å²) >= 11 is 0. The van der Waals surface area contributed by atoms with E-state index in [0.717, 1.165) is 5.56 Å². The van der Waals surface area contributed by atoms with E-state index in [1.54, 1.807) is 45.3 Å². The third kappa shape index (κ3) is 8.06. The number of benzene rings is 2. The number of aryl methyl sites for hydroxylation is 1. The Morgan fingerprint density at radius 1 is 0.975 bits per heavy atom. The molecule has 0 aliphatic carbocycles. The zero-order chi connectivity index (χ0) is 29.1. The highest BCUT2D eigenvalue weighted by atomic mass is 16.6. The zero-order valence-corrected chi connectivity index (χ0v) is 23.3. The van der Waals surface area contributed by atoms with Gasteiger partial charge in [-0.15, -0.1) is 0 Å². The van der Waals surface area contributed by atoms with Crippen LogP contribution >= 0.6 is 0 Å². The lowest BCUT2D eigenvalue weighted by Gasteiger charge is -2.27. The molecule has 0 spiro atoms. The summed E-state index contributed by atoms with van der Waals surface area (Å²) < 4.78 is 21.3. The second-order valence-electron chi connectivity index (χ2n) is 9.17. The van der Waals surface area contributed by atoms with Crippen molar-refractivity contribution in [3.63, 3.8) is 0 Å². The van der Waals surface area contributed by atoms with E-state index in [-0.39, 0.29) is 36.8 Å². The summed E-state index contributed by atoms with van der Waals surface area (Å²) in [4.78, 5) is 41.0. The highest BCUT2D eigenvalue weighted by Gasteiger charge is 2.25. The van der Waals surface area contributed by atoms with Crippen LogP contribution in [-0.4, -0.2) is 74.1 Å². The third-order valence-electron chi connectivity index (χ3n) is 6.44. The number of amides is 2. The van der Waals surface area contributed by atoms with Gasteiger partial charge in [-0.1, -0.05) is 12.1 Å². The van der Waals surface area contributed by atoms with Crippen LogP contribution in [0.4, 0.5) is 5.69 Å². The molecule has 3 rings (SSSR count). The molecule has 0 N–H and O–H groups in total. The van der Waals surface area contributed by atoms with E-state index in [1.807, 2.05) is 18.2 Å². The Balaban J connectivity index is 1.82. The van der Waals surface area contributed by atoms with E-state index in [1.165, 1.54) is 29.4 Å². The molecule has 1 heterocycles. The average Bonchev–Trinajstić information content (AvgIpc) is 3.47. The summed E-state index contributed by atoms with van der Waals surface area (Å²) in [5.74, 6) is 1.05. The number of nitrogens with zero attached hydrogens (tertiary/aromatic N) is 3. The Morgan fingerprint density at radius 3 is 2.40 bits per heavy atom. The number of methoxy groups -OCH3 is 3. The molecule has 0 aliphatic heterocycles. The van der Waals surface area contributed by atoms with E-state index in [9.17, 15) is 19.7 Å². The molecule has 0 unspecified atom stereocenters. The highest BCUT2D eigenvalue weighted by molar-refractivity contribution is 5.97. The maximum absolute atomic E-state index is 13.6. The van der Waals surface area contributed by atoms with Crippen molar-refractivity contribution in [1.82, 2.24) is 9.80 Å². The number of nitro benzene ring substituents is 1. The molecule has 0 saturated heterocycles. The number of carbonyl (C=O) groups is 2. The van der Waals surface area contributed by atoms with Gasteiger partial charge in [-0.2, -0.15) is 0 Å². The van der Waals surface area contributed by atoms with Gasteiger partial charge in [0.05, 0.1) is 32.0 Å². The predicted molar refractivity (Wildman–Crippen MR) is 148 cm³/mol. The molecular formula is C29H35N3O8. The molecule has 2 aromatic carbocycles. The molecule has 40 heavy (non-hydrogen) atoms. The van der Waals surface area contributed by atoms with Crippen LogP contribution < -0.4 is 9.47 Å². The minimum absolute atomic E-state index is 0.144. The lowest BCUT2D eigenvalue weighted by molar-refractivity contribution is -0.385. The number of nitro groups is 1. The first-order valence-corrected chi connectivity index (χ1v) is 12.8. The molecule has 3 aromatic rings. The number of hydrogen-bond acceptors (Lipinski definition) is 8. The van der Waals surface area contributed by atoms with Gasteiger partial charge in [0.25, 0.3) is 11.6 Å². The van der Waals surface area contributed by atoms with Gasteiger partial charge < -0.3 is 28.4 Å². The number of ether oxygens (including phenoxy) is 3. The van der Waals surface area contributed by atoms with Crippen LogP contribution in [0.3, 0.4) is 0 Å². The predicted octanol–water partition coefficient (Wildman–Crippen LogP) is 4.26. The van der Waals surface area contributed by atoms with E-state index >= 15 is 0 Å². The SMILES string of the molecule is COCCCN(CC(=O)N(CCc1ccc(OC)c(OC)c1)Cc1ccco1)C(=O)c1ccc(C)c([N+](=O)[O-])c1. The summed E-state index contributed by atoms with van der Waals surface area (Å²) in [5, 5.41) is 11.4. The van der Waals surface area contributed by atoms with Crippen molar-refractivity contribution in [2.75, 3.05) is 47.6 Å². The second-order valence-corrected chi connectivity index (χ2v) is 9.17. The molecule has 0 fully saturated rings. The maximum atomic E-state index is 13.6. The molecule has 1 aromatic heterocycles. The normalized spacial score (nSPS) is 10.7. The molecule has 0 aliphatic rings. The lowest BCUT2D eigenvalue weighted by atomic mass is 10.1. The average molecular weight is 554 g/mol. The zero-order valence-electron chi connectivity index (χ0n) is 23.3. The minimum atomic E-state index is -0.522. The fourth-order valence-electron chi connectivity index (χ4n) is 4.22. The number of furan rings is 1. The van der Waals surface area contributed by atoms with Gasteiger partial charge in [-0.3, -0.25) is 19.7 Å². The van der Waals surface area contributed by atoms with Crippen molar-refractivity contribution in [2.24, 2.45) is 0 Å². The largest absolute Gasteiger partial charge is 0.493 e. The van der Waals surface area contributed by atoms with Crippen molar-refractivity contribution < 1.29 is 33.1 Å². The first-order valence-electron chi connectivity index (χ1n) is 12.8. The molecule has 11 nitrogen and oxygen atoms in total. The number of hydrogen-bond donors (Lipinski definition) is 0. The smallest absolute Gasteiger partial charge is 0.273 e. The molecule has 11 heteroatoms. The van der Waals surface area contributed by atoms with Crippen LogP contribution in [-0.2, 0) is 22.5 Å². The lowest BCUT2D eigenvalue weighted by Crippen LogP contribution is -2.44. The Hall–Kier alpha value is -4.38. The van der Waals surface area contributed by atoms with Gasteiger partial charge in [0.2, 0.25) is 5.91 Å². The highest BCUT2D eigenvalue weighted by Crippen LogP contribution is 2.28. The van der Waals surface area contributed by atoms with Crippen LogP contribution in [0.25, 0.3) is 0 Å². The van der Waals surface area contributed by atoms with Crippen molar-refractivity contribution in [1.29, 1.82) is 0 Å². The van der Waals surface area contributed by atoms with Gasteiger partial charge in [-0.25, -0.2) is 0 Å². The van der Waals surface area contributed by atoms with Crippen molar-refractivity contribution in [2.45, 2.75) is 26.3 Å². The van der Waals surface area contributed by atoms with Gasteiger partial charge in [0.1, 0.15) is 12.3 Å². The summed E-state index contributed by atoms with van der Waals surface area (Å²) in [7, 11) is 4.68. The molecule has 2 amide bonds. The third-order valence-corrected chi connectivity index (χ3v) is 6.44. The standard InChI is InChI=1S/C29H35N3O8/c1-21-8-10-23(18-25(21)32(35)36)29(34)31(13-6-15-37-2)20-28(33)30(19-24-7-5-16-40-24)14-12-22-9-11-26(38-3)27(17-22)39-4/h5,7-11,16-18H,6,12-15,19-20H2,1-4H3. The minimum Gasteiger partial charge on any atom is -0.493 e. The maximum Gasteiger partial charge on any atom is 0.273 e. The molecular weight excluding hydrogens is 518 g/mol. The number of rotatable bonds is 15. The van der Waals surface area contributed by atoms with Gasteiger partial charge >= 0.3 is 0 Å². The first kappa shape index (κ1) is 30.2. The number of carbonyl (C=O) groups excluding carboxylic acids is 2. The fraction of sp³-hybridized carbons (Fsp3) is 0.379. The van der Waals surface area contributed by atoms with E-state index < -0.39 is 10.8 Å². The Bertz CT molecular complexity index is 1290. The van der Waals surface area contributed by atoms with Crippen LogP contribution in [0.1, 0.15) is 33.7 Å². The summed E-state index contributed by atoms with van der Waals surface area (Å²) in [6.45, 7) is 2.60. The van der Waals surface area contributed by atoms with Crippen molar-refractivity contribution in [3.8, 4) is 11.5 Å². The van der Waals surface area contributed by atoms with Crippen LogP contribution in [0.15, 0.2) is 59.2 Å². The molecule has 0 saturated carbocycles.